The second-order valence-electron chi connectivity index (χ2n) is 5.49. The van der Waals surface area contributed by atoms with Gasteiger partial charge in [-0.15, -0.1) is 0 Å². The van der Waals surface area contributed by atoms with Crippen molar-refractivity contribution in [2.75, 3.05) is 34.0 Å². The van der Waals surface area contributed by atoms with E-state index in [4.69, 9.17) is 14.6 Å². The molecule has 1 heterocycles. The molecule has 1 amide bonds. The molecule has 0 radical (unpaired) electrons. The lowest BCUT2D eigenvalue weighted by Crippen LogP contribution is -2.44. The van der Waals surface area contributed by atoms with Crippen LogP contribution in [0, 0.1) is 5.92 Å². The van der Waals surface area contributed by atoms with Gasteiger partial charge in [0.1, 0.15) is 0 Å². The van der Waals surface area contributed by atoms with Crippen LogP contribution in [0.25, 0.3) is 0 Å². The number of hydrogen-bond donors (Lipinski definition) is 2. The zero-order valence-corrected chi connectivity index (χ0v) is 13.4. The normalized spacial score (nSPS) is 18.3. The Kier molecular flexibility index (Phi) is 5.81. The molecule has 1 fully saturated rings. The van der Waals surface area contributed by atoms with E-state index in [1.54, 1.807) is 18.2 Å². The molecule has 1 aromatic carbocycles. The summed E-state index contributed by atoms with van der Waals surface area (Å²) in [6.07, 6.45) is 1.51. The van der Waals surface area contributed by atoms with Crippen LogP contribution in [0.3, 0.4) is 0 Å². The maximum atomic E-state index is 12.2. The molecule has 0 aromatic heterocycles. The fourth-order valence-electron chi connectivity index (χ4n) is 2.66. The van der Waals surface area contributed by atoms with Crippen molar-refractivity contribution in [3.8, 4) is 11.5 Å². The lowest BCUT2D eigenvalue weighted by atomic mass is 9.99. The van der Waals surface area contributed by atoms with Crippen LogP contribution in [0.4, 0.5) is 0 Å². The quantitative estimate of drug-likeness (QED) is 0.818. The number of nitrogens with zero attached hydrogens (tertiary/aromatic N) is 1. The number of carboxylic acids is 1. The van der Waals surface area contributed by atoms with Gasteiger partial charge in [0.15, 0.2) is 11.5 Å². The Labute approximate surface area is 135 Å². The minimum atomic E-state index is -0.777. The first-order chi connectivity index (χ1) is 11.0. The van der Waals surface area contributed by atoms with E-state index < -0.39 is 5.97 Å². The maximum Gasteiger partial charge on any atom is 0.307 e. The molecule has 0 bridgehead atoms. The fraction of sp³-hybridized carbons (Fsp3) is 0.500. The van der Waals surface area contributed by atoms with E-state index in [0.29, 0.717) is 36.7 Å². The number of benzene rings is 1. The van der Waals surface area contributed by atoms with Crippen molar-refractivity contribution in [3.63, 3.8) is 0 Å². The third-order valence-electron chi connectivity index (χ3n) is 3.96. The average molecular weight is 322 g/mol. The van der Waals surface area contributed by atoms with Gasteiger partial charge in [0.25, 0.3) is 5.91 Å². The van der Waals surface area contributed by atoms with Crippen molar-refractivity contribution in [3.05, 3.63) is 23.8 Å². The number of carbonyl (C=O) groups is 2. The number of carbonyl (C=O) groups excluding carboxylic acids is 1. The molecule has 1 unspecified atom stereocenters. The van der Waals surface area contributed by atoms with Crippen LogP contribution in [0.1, 0.15) is 23.2 Å². The third kappa shape index (κ3) is 4.35. The van der Waals surface area contributed by atoms with Crippen LogP contribution in [0.2, 0.25) is 0 Å². The van der Waals surface area contributed by atoms with Crippen LogP contribution < -0.4 is 14.8 Å². The molecule has 1 aliphatic rings. The van der Waals surface area contributed by atoms with E-state index in [1.165, 1.54) is 14.2 Å². The number of methoxy groups -OCH3 is 2. The molecule has 2 N–H and O–H groups in total. The minimum Gasteiger partial charge on any atom is -0.493 e. The lowest BCUT2D eigenvalue weighted by Gasteiger charge is -2.30. The number of likely N-dealkylation sites (tertiary alicyclic amines) is 1. The minimum absolute atomic E-state index is 0.233. The molecular weight excluding hydrogens is 300 g/mol. The number of rotatable bonds is 6. The SMILES string of the molecule is COc1ccc(C(=O)NCN2CCCC(C(=O)O)C2)cc1OC. The number of piperidine rings is 1. The zero-order chi connectivity index (χ0) is 16.8. The van der Waals surface area contributed by atoms with Crippen LogP contribution in [0.15, 0.2) is 18.2 Å². The van der Waals surface area contributed by atoms with E-state index >= 15 is 0 Å². The van der Waals surface area contributed by atoms with Gasteiger partial charge >= 0.3 is 5.97 Å². The summed E-state index contributed by atoms with van der Waals surface area (Å²) in [5.74, 6) is -0.320. The van der Waals surface area contributed by atoms with Gasteiger partial charge in [0, 0.05) is 12.1 Å². The Hall–Kier alpha value is -2.28. The number of hydrogen-bond acceptors (Lipinski definition) is 5. The van der Waals surface area contributed by atoms with Gasteiger partial charge in [-0.25, -0.2) is 0 Å². The molecule has 1 aromatic rings. The first-order valence-electron chi connectivity index (χ1n) is 7.50. The van der Waals surface area contributed by atoms with Crippen molar-refractivity contribution in [1.29, 1.82) is 0 Å². The second kappa shape index (κ2) is 7.82. The van der Waals surface area contributed by atoms with Crippen LogP contribution in [0.5, 0.6) is 11.5 Å². The van der Waals surface area contributed by atoms with Gasteiger partial charge in [-0.05, 0) is 37.6 Å². The fourth-order valence-corrected chi connectivity index (χ4v) is 2.66. The van der Waals surface area contributed by atoms with Crippen molar-refractivity contribution < 1.29 is 24.2 Å². The predicted octanol–water partition coefficient (Wildman–Crippen LogP) is 1.19. The molecule has 126 valence electrons. The molecule has 0 spiro atoms. The summed E-state index contributed by atoms with van der Waals surface area (Å²) >= 11 is 0. The summed E-state index contributed by atoms with van der Waals surface area (Å²) in [7, 11) is 3.05. The number of nitrogens with one attached hydrogen (secondary N) is 1. The Morgan fingerprint density at radius 1 is 1.30 bits per heavy atom. The van der Waals surface area contributed by atoms with Crippen LogP contribution in [-0.2, 0) is 4.79 Å². The molecule has 1 saturated heterocycles. The lowest BCUT2D eigenvalue weighted by molar-refractivity contribution is -0.143. The molecular formula is C16H22N2O5. The highest BCUT2D eigenvalue weighted by atomic mass is 16.5. The third-order valence-corrected chi connectivity index (χ3v) is 3.96. The predicted molar refractivity (Wildman–Crippen MR) is 83.8 cm³/mol. The smallest absolute Gasteiger partial charge is 0.307 e. The summed E-state index contributed by atoms with van der Waals surface area (Å²) in [6.45, 7) is 1.58. The Balaban J connectivity index is 1.93. The molecule has 0 saturated carbocycles. The topological polar surface area (TPSA) is 88.1 Å². The van der Waals surface area contributed by atoms with E-state index in [1.807, 2.05) is 4.90 Å². The van der Waals surface area contributed by atoms with Crippen molar-refractivity contribution in [2.24, 2.45) is 5.92 Å². The first kappa shape index (κ1) is 17.1. The summed E-state index contributed by atoms with van der Waals surface area (Å²) in [4.78, 5) is 25.2. The van der Waals surface area contributed by atoms with Gasteiger partial charge in [-0.1, -0.05) is 0 Å². The average Bonchev–Trinajstić information content (AvgIpc) is 2.59. The number of amides is 1. The highest BCUT2D eigenvalue weighted by Gasteiger charge is 2.25. The molecule has 7 heteroatoms. The van der Waals surface area contributed by atoms with Crippen molar-refractivity contribution in [2.45, 2.75) is 12.8 Å². The second-order valence-corrected chi connectivity index (χ2v) is 5.49. The molecule has 7 nitrogen and oxygen atoms in total. The number of carboxylic acid groups (broad SMARTS) is 1. The first-order valence-corrected chi connectivity index (χ1v) is 7.50. The Bertz CT molecular complexity index is 576. The number of ether oxygens (including phenoxy) is 2. The van der Waals surface area contributed by atoms with Crippen LogP contribution in [-0.4, -0.2) is 55.9 Å². The Morgan fingerprint density at radius 3 is 2.70 bits per heavy atom. The largest absolute Gasteiger partial charge is 0.493 e. The standard InChI is InChI=1S/C16H22N2O5/c1-22-13-6-5-11(8-14(13)23-2)15(19)17-10-18-7-3-4-12(9-18)16(20)21/h5-6,8,12H,3-4,7,9-10H2,1-2H3,(H,17,19)(H,20,21). The van der Waals surface area contributed by atoms with Crippen LogP contribution >= 0.6 is 0 Å². The summed E-state index contributed by atoms with van der Waals surface area (Å²) in [5.41, 5.74) is 0.467. The van der Waals surface area contributed by atoms with Crippen molar-refractivity contribution in [1.82, 2.24) is 10.2 Å². The Morgan fingerprint density at radius 2 is 2.04 bits per heavy atom. The van der Waals surface area contributed by atoms with Gasteiger partial charge in [-0.3, -0.25) is 14.5 Å². The van der Waals surface area contributed by atoms with Crippen molar-refractivity contribution >= 4 is 11.9 Å². The molecule has 1 atom stereocenters. The van der Waals surface area contributed by atoms with E-state index in [0.717, 1.165) is 13.0 Å². The van der Waals surface area contributed by atoms with Gasteiger partial charge in [0.2, 0.25) is 0 Å². The van der Waals surface area contributed by atoms with Gasteiger partial charge in [0.05, 0.1) is 26.8 Å². The highest BCUT2D eigenvalue weighted by molar-refractivity contribution is 5.94. The maximum absolute atomic E-state index is 12.2. The number of aliphatic carboxylic acids is 1. The molecule has 23 heavy (non-hydrogen) atoms. The van der Waals surface area contributed by atoms with Gasteiger partial charge in [-0.2, -0.15) is 0 Å². The molecule has 2 rings (SSSR count). The van der Waals surface area contributed by atoms with Gasteiger partial charge < -0.3 is 19.9 Å². The van der Waals surface area contributed by atoms with E-state index in [-0.39, 0.29) is 11.8 Å². The monoisotopic (exact) mass is 322 g/mol. The summed E-state index contributed by atoms with van der Waals surface area (Å²) < 4.78 is 10.3. The summed E-state index contributed by atoms with van der Waals surface area (Å²) in [5, 5.41) is 11.9. The zero-order valence-electron chi connectivity index (χ0n) is 13.4. The highest BCUT2D eigenvalue weighted by Crippen LogP contribution is 2.27. The molecule has 1 aliphatic heterocycles. The van der Waals surface area contributed by atoms with E-state index in [2.05, 4.69) is 5.32 Å². The molecule has 0 aliphatic carbocycles. The summed E-state index contributed by atoms with van der Waals surface area (Å²) in [6, 6.07) is 4.95. The van der Waals surface area contributed by atoms with E-state index in [9.17, 15) is 9.59 Å².